The van der Waals surface area contributed by atoms with Crippen LogP contribution in [0.2, 0.25) is 0 Å². The molecule has 0 bridgehead atoms. The number of hydrogen-bond donors (Lipinski definition) is 0. The second-order valence-electron chi connectivity index (χ2n) is 4.47. The molecule has 0 radical (unpaired) electrons. The van der Waals surface area contributed by atoms with Gasteiger partial charge < -0.3 is 9.47 Å². The van der Waals surface area contributed by atoms with Gasteiger partial charge in [-0.3, -0.25) is 0 Å². The molecular weight excluding hydrogens is 278 g/mol. The Labute approximate surface area is 129 Å². The number of benzene rings is 2. The third-order valence-electron chi connectivity index (χ3n) is 2.98. The van der Waals surface area contributed by atoms with E-state index in [1.165, 1.54) is 13.2 Å². The Kier molecular flexibility index (Phi) is 5.33. The number of rotatable bonds is 5. The second kappa shape index (κ2) is 7.65. The number of esters is 1. The van der Waals surface area contributed by atoms with Gasteiger partial charge in [-0.05, 0) is 17.7 Å². The SMILES string of the molecule is COC(=O)/C(C#N)=C\c1ccccc1OCc1ccccc1. The van der Waals surface area contributed by atoms with E-state index in [1.54, 1.807) is 12.1 Å². The molecule has 2 aromatic rings. The molecule has 0 unspecified atom stereocenters. The van der Waals surface area contributed by atoms with Crippen molar-refractivity contribution >= 4 is 12.0 Å². The van der Waals surface area contributed by atoms with Gasteiger partial charge in [-0.25, -0.2) is 4.79 Å². The van der Waals surface area contributed by atoms with Crippen LogP contribution < -0.4 is 4.74 Å². The molecule has 0 fully saturated rings. The normalized spacial score (nSPS) is 10.6. The van der Waals surface area contributed by atoms with Gasteiger partial charge in [-0.1, -0.05) is 48.5 Å². The van der Waals surface area contributed by atoms with Gasteiger partial charge in [0.15, 0.2) is 0 Å². The number of nitriles is 1. The number of ether oxygens (including phenoxy) is 2. The summed E-state index contributed by atoms with van der Waals surface area (Å²) in [6.07, 6.45) is 1.46. The van der Waals surface area contributed by atoms with Crippen LogP contribution in [0.4, 0.5) is 0 Å². The lowest BCUT2D eigenvalue weighted by Crippen LogP contribution is -2.03. The van der Waals surface area contributed by atoms with Crippen molar-refractivity contribution in [3.63, 3.8) is 0 Å². The van der Waals surface area contributed by atoms with Gasteiger partial charge in [-0.15, -0.1) is 0 Å². The summed E-state index contributed by atoms with van der Waals surface area (Å²) < 4.78 is 10.3. The number of carbonyl (C=O) groups excluding carboxylic acids is 1. The maximum absolute atomic E-state index is 11.5. The van der Waals surface area contributed by atoms with E-state index < -0.39 is 5.97 Å². The van der Waals surface area contributed by atoms with E-state index in [9.17, 15) is 4.79 Å². The summed E-state index contributed by atoms with van der Waals surface area (Å²) in [5, 5.41) is 9.03. The highest BCUT2D eigenvalue weighted by atomic mass is 16.5. The second-order valence-corrected chi connectivity index (χ2v) is 4.47. The minimum Gasteiger partial charge on any atom is -0.488 e. The molecule has 0 amide bonds. The van der Waals surface area contributed by atoms with Gasteiger partial charge in [0.1, 0.15) is 24.0 Å². The van der Waals surface area contributed by atoms with Gasteiger partial charge in [-0.2, -0.15) is 5.26 Å². The van der Waals surface area contributed by atoms with Gasteiger partial charge in [0.2, 0.25) is 0 Å². The van der Waals surface area contributed by atoms with Crippen molar-refractivity contribution in [3.05, 3.63) is 71.3 Å². The Morgan fingerprint density at radius 1 is 1.14 bits per heavy atom. The molecule has 0 saturated carbocycles. The van der Waals surface area contributed by atoms with Gasteiger partial charge >= 0.3 is 5.97 Å². The van der Waals surface area contributed by atoms with Crippen molar-refractivity contribution < 1.29 is 14.3 Å². The van der Waals surface area contributed by atoms with Crippen LogP contribution in [-0.2, 0) is 16.1 Å². The molecule has 0 aromatic heterocycles. The van der Waals surface area contributed by atoms with Crippen molar-refractivity contribution in [2.75, 3.05) is 7.11 Å². The molecule has 0 aliphatic carbocycles. The molecular formula is C18H15NO3. The predicted octanol–water partition coefficient (Wildman–Crippen LogP) is 3.35. The highest BCUT2D eigenvalue weighted by Crippen LogP contribution is 2.22. The Morgan fingerprint density at radius 3 is 2.50 bits per heavy atom. The first kappa shape index (κ1) is 15.3. The lowest BCUT2D eigenvalue weighted by molar-refractivity contribution is -0.135. The Hall–Kier alpha value is -3.06. The molecule has 2 rings (SSSR count). The maximum atomic E-state index is 11.5. The van der Waals surface area contributed by atoms with Crippen LogP contribution in [0, 0.1) is 11.3 Å². The minimum atomic E-state index is -0.666. The van der Waals surface area contributed by atoms with E-state index in [4.69, 9.17) is 10.00 Å². The van der Waals surface area contributed by atoms with E-state index >= 15 is 0 Å². The standard InChI is InChI=1S/C18H15NO3/c1-21-18(20)16(12-19)11-15-9-5-6-10-17(15)22-13-14-7-3-2-4-8-14/h2-11H,13H2,1H3/b16-11-. The molecule has 0 N–H and O–H groups in total. The minimum absolute atomic E-state index is 0.0711. The molecule has 0 aliphatic rings. The van der Waals surface area contributed by atoms with E-state index in [0.29, 0.717) is 17.9 Å². The van der Waals surface area contributed by atoms with Gasteiger partial charge in [0, 0.05) is 5.56 Å². The van der Waals surface area contributed by atoms with Crippen LogP contribution in [0.25, 0.3) is 6.08 Å². The van der Waals surface area contributed by atoms with Crippen LogP contribution in [0.15, 0.2) is 60.2 Å². The van der Waals surface area contributed by atoms with Crippen molar-refractivity contribution in [1.82, 2.24) is 0 Å². The van der Waals surface area contributed by atoms with Crippen LogP contribution in [-0.4, -0.2) is 13.1 Å². The number of methoxy groups -OCH3 is 1. The van der Waals surface area contributed by atoms with Gasteiger partial charge in [0.05, 0.1) is 7.11 Å². The summed E-state index contributed by atoms with van der Waals surface area (Å²) in [4.78, 5) is 11.5. The smallest absolute Gasteiger partial charge is 0.348 e. The lowest BCUT2D eigenvalue weighted by atomic mass is 10.1. The van der Waals surface area contributed by atoms with Crippen LogP contribution >= 0.6 is 0 Å². The Morgan fingerprint density at radius 2 is 1.82 bits per heavy atom. The van der Waals surface area contributed by atoms with E-state index in [2.05, 4.69) is 4.74 Å². The first-order valence-electron chi connectivity index (χ1n) is 6.70. The monoisotopic (exact) mass is 293 g/mol. The number of carbonyl (C=O) groups is 1. The molecule has 110 valence electrons. The summed E-state index contributed by atoms with van der Waals surface area (Å²) in [6.45, 7) is 0.409. The fourth-order valence-corrected chi connectivity index (χ4v) is 1.87. The van der Waals surface area contributed by atoms with Crippen molar-refractivity contribution in [3.8, 4) is 11.8 Å². The molecule has 2 aromatic carbocycles. The van der Waals surface area contributed by atoms with E-state index in [-0.39, 0.29) is 5.57 Å². The molecule has 0 spiro atoms. The number of hydrogen-bond acceptors (Lipinski definition) is 4. The molecule has 0 saturated heterocycles. The van der Waals surface area contributed by atoms with Crippen LogP contribution in [0.1, 0.15) is 11.1 Å². The third-order valence-corrected chi connectivity index (χ3v) is 2.98. The van der Waals surface area contributed by atoms with E-state index in [0.717, 1.165) is 5.56 Å². The highest BCUT2D eigenvalue weighted by Gasteiger charge is 2.10. The van der Waals surface area contributed by atoms with Crippen molar-refractivity contribution in [1.29, 1.82) is 5.26 Å². The Bertz CT molecular complexity index is 715. The molecule has 0 heterocycles. The summed E-state index contributed by atoms with van der Waals surface area (Å²) >= 11 is 0. The van der Waals surface area contributed by atoms with Crippen LogP contribution in [0.3, 0.4) is 0 Å². The zero-order chi connectivity index (χ0) is 15.8. The third kappa shape index (κ3) is 3.97. The fraction of sp³-hybridized carbons (Fsp3) is 0.111. The predicted molar refractivity (Wildman–Crippen MR) is 82.8 cm³/mol. The maximum Gasteiger partial charge on any atom is 0.348 e. The number of para-hydroxylation sites is 1. The van der Waals surface area contributed by atoms with Crippen LogP contribution in [0.5, 0.6) is 5.75 Å². The van der Waals surface area contributed by atoms with Gasteiger partial charge in [0.25, 0.3) is 0 Å². The molecule has 0 aliphatic heterocycles. The first-order valence-corrected chi connectivity index (χ1v) is 6.70. The fourth-order valence-electron chi connectivity index (χ4n) is 1.87. The largest absolute Gasteiger partial charge is 0.488 e. The molecule has 4 heteroatoms. The van der Waals surface area contributed by atoms with Crippen molar-refractivity contribution in [2.45, 2.75) is 6.61 Å². The average molecular weight is 293 g/mol. The zero-order valence-electron chi connectivity index (χ0n) is 12.2. The molecule has 22 heavy (non-hydrogen) atoms. The summed E-state index contributed by atoms with van der Waals surface area (Å²) in [6, 6.07) is 18.8. The molecule has 0 atom stereocenters. The zero-order valence-corrected chi connectivity index (χ0v) is 12.2. The Balaban J connectivity index is 2.22. The highest BCUT2D eigenvalue weighted by molar-refractivity contribution is 5.98. The first-order chi connectivity index (χ1) is 10.7. The lowest BCUT2D eigenvalue weighted by Gasteiger charge is -2.09. The van der Waals surface area contributed by atoms with E-state index in [1.807, 2.05) is 48.5 Å². The summed E-state index contributed by atoms with van der Waals surface area (Å²) in [7, 11) is 1.24. The topological polar surface area (TPSA) is 59.3 Å². The number of nitrogens with zero attached hydrogens (tertiary/aromatic N) is 1. The average Bonchev–Trinajstić information content (AvgIpc) is 2.59. The molecule has 4 nitrogen and oxygen atoms in total. The van der Waals surface area contributed by atoms with Crippen molar-refractivity contribution in [2.24, 2.45) is 0 Å². The quantitative estimate of drug-likeness (QED) is 0.482. The summed E-state index contributed by atoms with van der Waals surface area (Å²) in [5.41, 5.74) is 1.62. The summed E-state index contributed by atoms with van der Waals surface area (Å²) in [5.74, 6) is -0.0663.